The van der Waals surface area contributed by atoms with E-state index in [2.05, 4.69) is 14.9 Å². The second-order valence-corrected chi connectivity index (χ2v) is 7.59. The first-order valence-electron chi connectivity index (χ1n) is 9.40. The number of thiocarbonyl (C=S) groups is 1. The van der Waals surface area contributed by atoms with E-state index in [-0.39, 0.29) is 6.61 Å². The molecule has 3 rings (SSSR count). The summed E-state index contributed by atoms with van der Waals surface area (Å²) in [6.45, 7) is 2.99. The van der Waals surface area contributed by atoms with Crippen LogP contribution in [0.5, 0.6) is 5.75 Å². The van der Waals surface area contributed by atoms with Crippen LogP contribution in [0.4, 0.5) is 0 Å². The summed E-state index contributed by atoms with van der Waals surface area (Å²) >= 11 is 6.82. The fourth-order valence-corrected chi connectivity index (χ4v) is 3.99. The smallest absolute Gasteiger partial charge is 0.338 e. The van der Waals surface area contributed by atoms with E-state index in [0.29, 0.717) is 29.5 Å². The second kappa shape index (κ2) is 10.5. The molecule has 1 N–H and O–H groups in total. The van der Waals surface area contributed by atoms with Gasteiger partial charge in [0, 0.05) is 24.7 Å². The van der Waals surface area contributed by atoms with Crippen LogP contribution < -0.4 is 10.1 Å². The zero-order valence-corrected chi connectivity index (χ0v) is 18.7. The summed E-state index contributed by atoms with van der Waals surface area (Å²) in [6.07, 6.45) is 0.748. The van der Waals surface area contributed by atoms with Crippen molar-refractivity contribution in [2.75, 3.05) is 34.0 Å². The van der Waals surface area contributed by atoms with Crippen LogP contribution in [0, 0.1) is 0 Å². The van der Waals surface area contributed by atoms with Gasteiger partial charge in [-0.15, -0.1) is 5.10 Å². The van der Waals surface area contributed by atoms with E-state index in [9.17, 15) is 4.79 Å². The van der Waals surface area contributed by atoms with Crippen molar-refractivity contribution in [1.29, 1.82) is 0 Å². The van der Waals surface area contributed by atoms with Crippen molar-refractivity contribution in [2.45, 2.75) is 19.4 Å². The molecule has 160 valence electrons. The summed E-state index contributed by atoms with van der Waals surface area (Å²) in [4.78, 5) is 14.8. The number of hydrogen-bond donors (Lipinski definition) is 1. The molecule has 1 aromatic heterocycles. The number of rotatable bonds is 9. The lowest BCUT2D eigenvalue weighted by atomic mass is 9.99. The van der Waals surface area contributed by atoms with Crippen molar-refractivity contribution < 1.29 is 19.0 Å². The van der Waals surface area contributed by atoms with E-state index in [0.717, 1.165) is 23.4 Å². The van der Waals surface area contributed by atoms with Gasteiger partial charge in [-0.3, -0.25) is 0 Å². The summed E-state index contributed by atoms with van der Waals surface area (Å²) in [5, 5.41) is 9.68. The van der Waals surface area contributed by atoms with E-state index in [1.807, 2.05) is 36.1 Å². The molecule has 0 unspecified atom stereocenters. The van der Waals surface area contributed by atoms with Crippen LogP contribution in [0.15, 0.2) is 40.9 Å². The number of carbonyl (C=O) groups is 1. The minimum Gasteiger partial charge on any atom is -0.497 e. The highest BCUT2D eigenvalue weighted by Crippen LogP contribution is 2.31. The summed E-state index contributed by atoms with van der Waals surface area (Å²) in [6, 6.07) is 7.39. The topological polar surface area (TPSA) is 85.8 Å². The van der Waals surface area contributed by atoms with Crippen LogP contribution >= 0.6 is 23.8 Å². The first-order valence-corrected chi connectivity index (χ1v) is 10.6. The van der Waals surface area contributed by atoms with Gasteiger partial charge in [0.05, 0.1) is 19.3 Å². The maximum atomic E-state index is 12.9. The monoisotopic (exact) mass is 448 g/mol. The Balaban J connectivity index is 1.83. The molecule has 0 aliphatic carbocycles. The molecule has 0 saturated carbocycles. The zero-order valence-electron chi connectivity index (χ0n) is 17.1. The molecule has 10 heteroatoms. The van der Waals surface area contributed by atoms with Crippen LogP contribution in [-0.4, -0.2) is 59.5 Å². The Morgan fingerprint density at radius 1 is 1.27 bits per heavy atom. The quantitative estimate of drug-likeness (QED) is 0.353. The maximum absolute atomic E-state index is 12.9. The molecule has 1 aliphatic rings. The number of methoxy groups -OCH3 is 2. The molecule has 0 radical (unpaired) electrons. The van der Waals surface area contributed by atoms with Crippen LogP contribution in [0.2, 0.25) is 0 Å². The van der Waals surface area contributed by atoms with Gasteiger partial charge in [0.25, 0.3) is 0 Å². The molecule has 0 spiro atoms. The van der Waals surface area contributed by atoms with Crippen molar-refractivity contribution in [3.05, 3.63) is 52.2 Å². The van der Waals surface area contributed by atoms with Gasteiger partial charge >= 0.3 is 5.97 Å². The van der Waals surface area contributed by atoms with Crippen LogP contribution in [0.3, 0.4) is 0 Å². The minimum absolute atomic E-state index is 0.171. The molecule has 1 atom stereocenters. The zero-order chi connectivity index (χ0) is 21.5. The Morgan fingerprint density at radius 2 is 2.03 bits per heavy atom. The minimum atomic E-state index is -0.497. The number of allylic oxidation sites excluding steroid dienone is 1. The molecule has 2 heterocycles. The number of esters is 1. The number of ether oxygens (including phenoxy) is 3. The average molecular weight is 449 g/mol. The number of nitrogens with zero attached hydrogens (tertiary/aromatic N) is 3. The molecule has 30 heavy (non-hydrogen) atoms. The lowest BCUT2D eigenvalue weighted by Crippen LogP contribution is -2.48. The van der Waals surface area contributed by atoms with Crippen molar-refractivity contribution >= 4 is 34.8 Å². The van der Waals surface area contributed by atoms with Gasteiger partial charge in [0.15, 0.2) is 5.11 Å². The summed E-state index contributed by atoms with van der Waals surface area (Å²) in [7, 11) is 3.20. The van der Waals surface area contributed by atoms with Gasteiger partial charge in [-0.1, -0.05) is 16.6 Å². The van der Waals surface area contributed by atoms with Crippen LogP contribution in [0.25, 0.3) is 0 Å². The third-order valence-corrected chi connectivity index (χ3v) is 5.65. The maximum Gasteiger partial charge on any atom is 0.338 e. The van der Waals surface area contributed by atoms with Gasteiger partial charge in [-0.25, -0.2) is 4.79 Å². The van der Waals surface area contributed by atoms with E-state index < -0.39 is 12.0 Å². The van der Waals surface area contributed by atoms with Gasteiger partial charge in [-0.05, 0) is 54.8 Å². The summed E-state index contributed by atoms with van der Waals surface area (Å²) in [5.41, 5.74) is 2.99. The van der Waals surface area contributed by atoms with Crippen molar-refractivity contribution in [3.8, 4) is 5.75 Å². The van der Waals surface area contributed by atoms with E-state index in [4.69, 9.17) is 26.4 Å². The highest BCUT2D eigenvalue weighted by Gasteiger charge is 2.36. The molecule has 1 aliphatic heterocycles. The largest absolute Gasteiger partial charge is 0.497 e. The second-order valence-electron chi connectivity index (χ2n) is 6.59. The molecular formula is C20H24N4O4S2. The van der Waals surface area contributed by atoms with E-state index >= 15 is 0 Å². The average Bonchev–Trinajstić information content (AvgIpc) is 3.28. The van der Waals surface area contributed by atoms with Crippen LogP contribution in [-0.2, 0) is 20.7 Å². The SMILES string of the molecule is COCCOC(=O)C1=C(C)N(CCc2ccc(OC)cc2)C(=S)N[C@H]1c1csnn1. The van der Waals surface area contributed by atoms with E-state index in [1.54, 1.807) is 19.6 Å². The Hall–Kier alpha value is -2.56. The predicted octanol–water partition coefficient (Wildman–Crippen LogP) is 2.48. The van der Waals surface area contributed by atoms with Gasteiger partial charge in [-0.2, -0.15) is 0 Å². The summed E-state index contributed by atoms with van der Waals surface area (Å²) < 4.78 is 19.5. The molecule has 0 fully saturated rings. The van der Waals surface area contributed by atoms with Gasteiger partial charge in [0.1, 0.15) is 24.1 Å². The van der Waals surface area contributed by atoms with Gasteiger partial charge in [0.2, 0.25) is 0 Å². The number of carbonyl (C=O) groups excluding carboxylic acids is 1. The molecular weight excluding hydrogens is 424 g/mol. The Morgan fingerprint density at radius 3 is 2.67 bits per heavy atom. The lowest BCUT2D eigenvalue weighted by molar-refractivity contribution is -0.140. The van der Waals surface area contributed by atoms with Gasteiger partial charge < -0.3 is 24.4 Å². The van der Waals surface area contributed by atoms with E-state index in [1.165, 1.54) is 11.5 Å². The first-order chi connectivity index (χ1) is 14.5. The normalized spacial score (nSPS) is 16.4. The van der Waals surface area contributed by atoms with Crippen molar-refractivity contribution in [3.63, 3.8) is 0 Å². The Labute approximate surface area is 185 Å². The Bertz CT molecular complexity index is 900. The molecule has 2 aromatic rings. The molecule has 8 nitrogen and oxygen atoms in total. The number of hydrogen-bond acceptors (Lipinski definition) is 8. The van der Waals surface area contributed by atoms with Crippen LogP contribution in [0.1, 0.15) is 24.2 Å². The summed E-state index contributed by atoms with van der Waals surface area (Å²) in [5.74, 6) is 0.387. The van der Waals surface area contributed by atoms with Crippen molar-refractivity contribution in [1.82, 2.24) is 19.8 Å². The number of benzene rings is 1. The standard InChI is InChI=1S/C20H24N4O4S2/c1-13-17(19(25)28-11-10-26-2)18(16-12-30-23-22-16)21-20(29)24(13)9-8-14-4-6-15(27-3)7-5-14/h4-7,12,18H,8-11H2,1-3H3,(H,21,29)/t18-/m0/s1. The fourth-order valence-electron chi connectivity index (χ4n) is 3.16. The molecule has 0 amide bonds. The fraction of sp³-hybridized carbons (Fsp3) is 0.400. The molecule has 0 saturated heterocycles. The third kappa shape index (κ3) is 5.13. The number of aromatic nitrogens is 2. The third-order valence-electron chi connectivity index (χ3n) is 4.79. The highest BCUT2D eigenvalue weighted by molar-refractivity contribution is 7.80. The Kier molecular flexibility index (Phi) is 7.72. The molecule has 0 bridgehead atoms. The number of nitrogens with one attached hydrogen (secondary N) is 1. The van der Waals surface area contributed by atoms with Crippen molar-refractivity contribution in [2.24, 2.45) is 0 Å². The lowest BCUT2D eigenvalue weighted by Gasteiger charge is -2.36. The highest BCUT2D eigenvalue weighted by atomic mass is 32.1. The molecule has 1 aromatic carbocycles. The predicted molar refractivity (Wildman–Crippen MR) is 117 cm³/mol. The first kappa shape index (κ1) is 22.1.